The van der Waals surface area contributed by atoms with Crippen molar-refractivity contribution in [3.8, 4) is 0 Å². The average Bonchev–Trinajstić information content (AvgIpc) is 2.48. The number of carbonyl (C=O) groups excluding carboxylic acids is 2. The third-order valence-electron chi connectivity index (χ3n) is 5.70. The van der Waals surface area contributed by atoms with Crippen molar-refractivity contribution < 1.29 is 19.1 Å². The van der Waals surface area contributed by atoms with Crippen molar-refractivity contribution >= 4 is 11.9 Å². The Hall–Kier alpha value is -1.06. The molecule has 2 unspecified atom stereocenters. The molecule has 4 heteroatoms. The van der Waals surface area contributed by atoms with Gasteiger partial charge < -0.3 is 9.47 Å². The zero-order valence-electron chi connectivity index (χ0n) is 18.8. The fourth-order valence-electron chi connectivity index (χ4n) is 3.40. The van der Waals surface area contributed by atoms with Crippen molar-refractivity contribution in [3.63, 3.8) is 0 Å². The first-order valence-corrected chi connectivity index (χ1v) is 10.1. The second kappa shape index (κ2) is 13.2. The third-order valence-corrected chi connectivity index (χ3v) is 5.70. The standard InChI is InChI=1S/C22H42O4.2CH4/c1-15(2)13-21(9,17(5)6)19(23)25-11-12-26-20(24)22(10,18(7)8)14-16(3)4;;/h15-18H,11-14H2,1-10H3;2*1H4. The predicted molar refractivity (Wildman–Crippen MR) is 120 cm³/mol. The zero-order valence-corrected chi connectivity index (χ0v) is 18.8. The molecule has 0 aliphatic heterocycles. The molecule has 0 N–H and O–H groups in total. The summed E-state index contributed by atoms with van der Waals surface area (Å²) in [6, 6.07) is 0. The molecule has 0 aliphatic rings. The predicted octanol–water partition coefficient (Wildman–Crippen LogP) is 6.76. The van der Waals surface area contributed by atoms with E-state index in [9.17, 15) is 9.59 Å². The van der Waals surface area contributed by atoms with Gasteiger partial charge in [0.15, 0.2) is 0 Å². The summed E-state index contributed by atoms with van der Waals surface area (Å²) in [7, 11) is 0. The first kappa shape index (κ1) is 31.6. The van der Waals surface area contributed by atoms with Crippen LogP contribution in [0.15, 0.2) is 0 Å². The second-order valence-corrected chi connectivity index (χ2v) is 9.61. The third kappa shape index (κ3) is 8.96. The largest absolute Gasteiger partial charge is 0.462 e. The monoisotopic (exact) mass is 402 g/mol. The van der Waals surface area contributed by atoms with Gasteiger partial charge in [0.2, 0.25) is 0 Å². The summed E-state index contributed by atoms with van der Waals surface area (Å²) in [4.78, 5) is 25.1. The summed E-state index contributed by atoms with van der Waals surface area (Å²) in [6.45, 7) is 20.8. The van der Waals surface area contributed by atoms with Crippen molar-refractivity contribution in [2.75, 3.05) is 13.2 Å². The van der Waals surface area contributed by atoms with Crippen molar-refractivity contribution in [3.05, 3.63) is 0 Å². The molecule has 0 bridgehead atoms. The van der Waals surface area contributed by atoms with Gasteiger partial charge in [-0.2, -0.15) is 0 Å². The van der Waals surface area contributed by atoms with E-state index >= 15 is 0 Å². The van der Waals surface area contributed by atoms with E-state index in [0.717, 1.165) is 12.8 Å². The molecule has 170 valence electrons. The van der Waals surface area contributed by atoms with Gasteiger partial charge in [-0.25, -0.2) is 0 Å². The maximum Gasteiger partial charge on any atom is 0.312 e. The molecule has 0 fully saturated rings. The highest BCUT2D eigenvalue weighted by atomic mass is 16.6. The van der Waals surface area contributed by atoms with Gasteiger partial charge in [0.1, 0.15) is 13.2 Å². The Balaban J connectivity index is -0.00000312. The molecule has 0 aromatic rings. The highest BCUT2D eigenvalue weighted by Crippen LogP contribution is 2.36. The van der Waals surface area contributed by atoms with Crippen LogP contribution in [0.5, 0.6) is 0 Å². The summed E-state index contributed by atoms with van der Waals surface area (Å²) < 4.78 is 10.9. The molecule has 0 amide bonds. The number of esters is 2. The molecule has 28 heavy (non-hydrogen) atoms. The molecule has 0 saturated heterocycles. The van der Waals surface area contributed by atoms with Crippen LogP contribution in [-0.4, -0.2) is 25.2 Å². The lowest BCUT2D eigenvalue weighted by Crippen LogP contribution is -2.38. The van der Waals surface area contributed by atoms with E-state index in [-0.39, 0.29) is 51.8 Å². The molecule has 0 heterocycles. The number of carbonyl (C=O) groups is 2. The topological polar surface area (TPSA) is 52.6 Å². The van der Waals surface area contributed by atoms with E-state index in [1.807, 2.05) is 41.5 Å². The first-order valence-electron chi connectivity index (χ1n) is 10.1. The average molecular weight is 403 g/mol. The van der Waals surface area contributed by atoms with Crippen molar-refractivity contribution in [1.82, 2.24) is 0 Å². The van der Waals surface area contributed by atoms with E-state index in [1.54, 1.807) is 0 Å². The minimum atomic E-state index is -0.512. The van der Waals surface area contributed by atoms with Crippen LogP contribution in [0.1, 0.15) is 96.9 Å². The lowest BCUT2D eigenvalue weighted by atomic mass is 9.73. The van der Waals surface area contributed by atoms with Gasteiger partial charge in [-0.15, -0.1) is 0 Å². The fraction of sp³-hybridized carbons (Fsp3) is 0.917. The fourth-order valence-corrected chi connectivity index (χ4v) is 3.40. The summed E-state index contributed by atoms with van der Waals surface area (Å²) in [5.74, 6) is 0.800. The highest BCUT2D eigenvalue weighted by Gasteiger charge is 2.40. The van der Waals surface area contributed by atoms with Gasteiger partial charge in [-0.1, -0.05) is 70.2 Å². The van der Waals surface area contributed by atoms with Crippen molar-refractivity contribution in [1.29, 1.82) is 0 Å². The Morgan fingerprint density at radius 1 is 0.643 bits per heavy atom. The van der Waals surface area contributed by atoms with Gasteiger partial charge in [-0.05, 0) is 50.4 Å². The van der Waals surface area contributed by atoms with Gasteiger partial charge in [-0.3, -0.25) is 9.59 Å². The molecule has 0 aromatic carbocycles. The van der Waals surface area contributed by atoms with Crippen LogP contribution in [-0.2, 0) is 19.1 Å². The van der Waals surface area contributed by atoms with Crippen molar-refractivity contribution in [2.45, 2.75) is 96.9 Å². The van der Waals surface area contributed by atoms with E-state index in [1.165, 1.54) is 0 Å². The molecule has 0 aromatic heterocycles. The van der Waals surface area contributed by atoms with E-state index in [0.29, 0.717) is 11.8 Å². The molecule has 0 radical (unpaired) electrons. The number of rotatable bonds is 11. The van der Waals surface area contributed by atoms with Crippen LogP contribution in [0.2, 0.25) is 0 Å². The van der Waals surface area contributed by atoms with Gasteiger partial charge >= 0.3 is 11.9 Å². The Kier molecular flexibility index (Phi) is 14.9. The van der Waals surface area contributed by atoms with Crippen LogP contribution in [0.3, 0.4) is 0 Å². The first-order chi connectivity index (χ1) is 11.8. The SMILES string of the molecule is C.C.CC(C)CC(C)(C(=O)OCCOC(=O)C(C)(CC(C)C)C(C)C)C(C)C. The number of hydrogen-bond donors (Lipinski definition) is 0. The minimum absolute atomic E-state index is 0. The normalized spacial score (nSPS) is 15.5. The molecular formula is C24H50O4. The molecule has 0 aliphatic carbocycles. The summed E-state index contributed by atoms with van der Waals surface area (Å²) in [5, 5.41) is 0. The molecule has 2 atom stereocenters. The van der Waals surface area contributed by atoms with Crippen molar-refractivity contribution in [2.24, 2.45) is 34.5 Å². The van der Waals surface area contributed by atoms with Crippen LogP contribution in [0, 0.1) is 34.5 Å². The smallest absolute Gasteiger partial charge is 0.312 e. The van der Waals surface area contributed by atoms with E-state index < -0.39 is 10.8 Å². The second-order valence-electron chi connectivity index (χ2n) is 9.61. The Labute approximate surface area is 176 Å². The summed E-state index contributed by atoms with van der Waals surface area (Å²) in [5.41, 5.74) is -1.02. The maximum absolute atomic E-state index is 12.6. The molecule has 0 rings (SSSR count). The summed E-state index contributed by atoms with van der Waals surface area (Å²) in [6.07, 6.45) is 1.56. The lowest BCUT2D eigenvalue weighted by Gasteiger charge is -2.33. The summed E-state index contributed by atoms with van der Waals surface area (Å²) >= 11 is 0. The van der Waals surface area contributed by atoms with Gasteiger partial charge in [0, 0.05) is 0 Å². The molecule has 4 nitrogen and oxygen atoms in total. The minimum Gasteiger partial charge on any atom is -0.462 e. The van der Waals surface area contributed by atoms with Crippen LogP contribution in [0.4, 0.5) is 0 Å². The maximum atomic E-state index is 12.6. The zero-order chi connectivity index (χ0) is 20.7. The Morgan fingerprint density at radius 2 is 0.893 bits per heavy atom. The number of ether oxygens (including phenoxy) is 2. The molecule has 0 saturated carbocycles. The van der Waals surface area contributed by atoms with Crippen LogP contribution >= 0.6 is 0 Å². The quantitative estimate of drug-likeness (QED) is 0.283. The molecular weight excluding hydrogens is 352 g/mol. The van der Waals surface area contributed by atoms with Gasteiger partial charge in [0.05, 0.1) is 10.8 Å². The highest BCUT2D eigenvalue weighted by molar-refractivity contribution is 5.77. The van der Waals surface area contributed by atoms with Crippen LogP contribution in [0.25, 0.3) is 0 Å². The van der Waals surface area contributed by atoms with E-state index in [2.05, 4.69) is 27.7 Å². The Morgan fingerprint density at radius 3 is 1.07 bits per heavy atom. The Bertz CT molecular complexity index is 412. The molecule has 0 spiro atoms. The van der Waals surface area contributed by atoms with Gasteiger partial charge in [0.25, 0.3) is 0 Å². The lowest BCUT2D eigenvalue weighted by molar-refractivity contribution is -0.168. The van der Waals surface area contributed by atoms with E-state index in [4.69, 9.17) is 9.47 Å². The van der Waals surface area contributed by atoms with Crippen LogP contribution < -0.4 is 0 Å². The number of hydrogen-bond acceptors (Lipinski definition) is 4.